The Bertz CT molecular complexity index is 639. The van der Waals surface area contributed by atoms with Crippen LogP contribution in [0.3, 0.4) is 0 Å². The van der Waals surface area contributed by atoms with Crippen LogP contribution in [0.2, 0.25) is 0 Å². The van der Waals surface area contributed by atoms with Crippen molar-refractivity contribution in [1.82, 2.24) is 0 Å². The average Bonchev–Trinajstić information content (AvgIpc) is 2.94. The molecule has 1 fully saturated rings. The van der Waals surface area contributed by atoms with E-state index in [2.05, 4.69) is 0 Å². The second kappa shape index (κ2) is 3.62. The molecule has 0 aromatic heterocycles. The summed E-state index contributed by atoms with van der Waals surface area (Å²) in [5.41, 5.74) is 0. The Labute approximate surface area is 108 Å². The van der Waals surface area contributed by atoms with Crippen molar-refractivity contribution in [3.05, 3.63) is 42.5 Å². The molecule has 102 valence electrons. The van der Waals surface area contributed by atoms with Crippen LogP contribution in [-0.4, -0.2) is 19.3 Å². The normalized spacial score (nSPS) is 35.7. The highest BCUT2D eigenvalue weighted by atomic mass is 32.2. The van der Waals surface area contributed by atoms with Gasteiger partial charge in [0, 0.05) is 11.8 Å². The van der Waals surface area contributed by atoms with Gasteiger partial charge >= 0.3 is 5.92 Å². The third-order valence-electron chi connectivity index (χ3n) is 3.93. The summed E-state index contributed by atoms with van der Waals surface area (Å²) in [4.78, 5) is -0.405. The van der Waals surface area contributed by atoms with Gasteiger partial charge in [0.05, 0.1) is 4.90 Å². The molecule has 1 saturated carbocycles. The van der Waals surface area contributed by atoms with Gasteiger partial charge in [0.25, 0.3) is 5.00 Å². The van der Waals surface area contributed by atoms with Crippen molar-refractivity contribution >= 4 is 9.84 Å². The standard InChI is InChI=1S/C13H11F3O2S/c14-12(15)9-6-7-10(8-9)13(12,16)19(17,18)11-4-2-1-3-5-11/h1-7,9-10H,8H2. The number of hydrogen-bond acceptors (Lipinski definition) is 2. The molecule has 0 radical (unpaired) electrons. The van der Waals surface area contributed by atoms with Crippen molar-refractivity contribution in [2.75, 3.05) is 0 Å². The summed E-state index contributed by atoms with van der Waals surface area (Å²) in [5, 5.41) is -3.54. The van der Waals surface area contributed by atoms with Gasteiger partial charge < -0.3 is 0 Å². The van der Waals surface area contributed by atoms with Gasteiger partial charge in [-0.15, -0.1) is 0 Å². The maximum Gasteiger partial charge on any atom is 0.302 e. The lowest BCUT2D eigenvalue weighted by atomic mass is 10.0. The maximum absolute atomic E-state index is 14.9. The summed E-state index contributed by atoms with van der Waals surface area (Å²) in [6.45, 7) is 0. The van der Waals surface area contributed by atoms with Gasteiger partial charge in [0.1, 0.15) is 0 Å². The minimum absolute atomic E-state index is 0.157. The van der Waals surface area contributed by atoms with Crippen LogP contribution in [0, 0.1) is 11.8 Å². The van der Waals surface area contributed by atoms with Gasteiger partial charge in [-0.05, 0) is 18.6 Å². The molecule has 2 bridgehead atoms. The number of hydrogen-bond donors (Lipinski definition) is 0. The van der Waals surface area contributed by atoms with Gasteiger partial charge in [-0.2, -0.15) is 0 Å². The Balaban J connectivity index is 2.19. The monoisotopic (exact) mass is 288 g/mol. The van der Waals surface area contributed by atoms with Crippen LogP contribution in [0.1, 0.15) is 6.42 Å². The molecule has 0 amide bonds. The van der Waals surface area contributed by atoms with Crippen LogP contribution in [0.5, 0.6) is 0 Å². The Kier molecular flexibility index (Phi) is 2.43. The molecule has 0 N–H and O–H groups in total. The van der Waals surface area contributed by atoms with E-state index in [9.17, 15) is 21.6 Å². The van der Waals surface area contributed by atoms with E-state index in [1.54, 1.807) is 6.07 Å². The highest BCUT2D eigenvalue weighted by Gasteiger charge is 2.76. The van der Waals surface area contributed by atoms with Gasteiger partial charge in [-0.1, -0.05) is 30.4 Å². The Morgan fingerprint density at radius 3 is 2.11 bits per heavy atom. The predicted octanol–water partition coefficient (Wildman–Crippen LogP) is 2.97. The molecule has 3 unspecified atom stereocenters. The van der Waals surface area contributed by atoms with Gasteiger partial charge in [0.2, 0.25) is 9.84 Å². The van der Waals surface area contributed by atoms with Crippen molar-refractivity contribution in [2.24, 2.45) is 11.8 Å². The SMILES string of the molecule is O=S(=O)(c1ccccc1)C1(F)C2C=CC(C2)C1(F)F. The van der Waals surface area contributed by atoms with Crippen LogP contribution in [-0.2, 0) is 9.84 Å². The van der Waals surface area contributed by atoms with E-state index in [0.29, 0.717) is 0 Å². The van der Waals surface area contributed by atoms with Crippen LogP contribution < -0.4 is 0 Å². The molecule has 2 nitrogen and oxygen atoms in total. The number of fused-ring (bicyclic) bond motifs is 2. The van der Waals surface area contributed by atoms with E-state index in [1.165, 1.54) is 24.3 Å². The maximum atomic E-state index is 14.9. The van der Waals surface area contributed by atoms with Gasteiger partial charge in [-0.3, -0.25) is 0 Å². The zero-order valence-corrected chi connectivity index (χ0v) is 10.6. The molecule has 3 rings (SSSR count). The quantitative estimate of drug-likeness (QED) is 0.784. The number of halogens is 3. The summed E-state index contributed by atoms with van der Waals surface area (Å²) >= 11 is 0. The lowest BCUT2D eigenvalue weighted by Crippen LogP contribution is -2.53. The zero-order chi connectivity index (χ0) is 13.9. The molecular weight excluding hydrogens is 277 g/mol. The molecule has 1 aromatic carbocycles. The number of benzene rings is 1. The highest BCUT2D eigenvalue weighted by Crippen LogP contribution is 2.61. The Morgan fingerprint density at radius 2 is 1.58 bits per heavy atom. The lowest BCUT2D eigenvalue weighted by molar-refractivity contribution is -0.103. The molecule has 2 aliphatic rings. The third-order valence-corrected chi connectivity index (χ3v) is 6.18. The van der Waals surface area contributed by atoms with Gasteiger partial charge in [0.15, 0.2) is 0 Å². The molecule has 0 aliphatic heterocycles. The molecular formula is C13H11F3O2S. The molecule has 0 heterocycles. The van der Waals surface area contributed by atoms with Crippen molar-refractivity contribution in [2.45, 2.75) is 22.2 Å². The first kappa shape index (κ1) is 12.7. The predicted molar refractivity (Wildman–Crippen MR) is 63.2 cm³/mol. The highest BCUT2D eigenvalue weighted by molar-refractivity contribution is 7.92. The van der Waals surface area contributed by atoms with Crippen molar-refractivity contribution in [3.63, 3.8) is 0 Å². The fourth-order valence-corrected chi connectivity index (χ4v) is 4.83. The zero-order valence-electron chi connectivity index (χ0n) is 9.76. The Hall–Kier alpha value is -1.30. The van der Waals surface area contributed by atoms with Crippen LogP contribution in [0.4, 0.5) is 13.2 Å². The smallest absolute Gasteiger partial charge is 0.220 e. The molecule has 0 spiro atoms. The Morgan fingerprint density at radius 1 is 1.00 bits per heavy atom. The fraction of sp³-hybridized carbons (Fsp3) is 0.385. The number of rotatable bonds is 2. The number of alkyl halides is 3. The largest absolute Gasteiger partial charge is 0.302 e. The minimum atomic E-state index is -4.74. The fourth-order valence-electron chi connectivity index (χ4n) is 2.89. The molecule has 2 aliphatic carbocycles. The van der Waals surface area contributed by atoms with Crippen LogP contribution in [0.25, 0.3) is 0 Å². The topological polar surface area (TPSA) is 34.1 Å². The average molecular weight is 288 g/mol. The van der Waals surface area contributed by atoms with E-state index in [0.717, 1.165) is 12.1 Å². The summed E-state index contributed by atoms with van der Waals surface area (Å²) in [6, 6.07) is 6.60. The number of sulfone groups is 1. The molecule has 0 saturated heterocycles. The van der Waals surface area contributed by atoms with Crippen LogP contribution >= 0.6 is 0 Å². The summed E-state index contributed by atoms with van der Waals surface area (Å²) in [7, 11) is -4.74. The minimum Gasteiger partial charge on any atom is -0.220 e. The van der Waals surface area contributed by atoms with Crippen molar-refractivity contribution in [3.8, 4) is 0 Å². The van der Waals surface area contributed by atoms with E-state index >= 15 is 0 Å². The van der Waals surface area contributed by atoms with E-state index in [4.69, 9.17) is 0 Å². The van der Waals surface area contributed by atoms with Crippen molar-refractivity contribution < 1.29 is 21.6 Å². The summed E-state index contributed by atoms with van der Waals surface area (Å²) in [6.07, 6.45) is 2.31. The third kappa shape index (κ3) is 1.35. The van der Waals surface area contributed by atoms with E-state index in [-0.39, 0.29) is 6.42 Å². The van der Waals surface area contributed by atoms with Gasteiger partial charge in [-0.25, -0.2) is 21.6 Å². The van der Waals surface area contributed by atoms with Crippen molar-refractivity contribution in [1.29, 1.82) is 0 Å². The second-order valence-electron chi connectivity index (χ2n) is 4.92. The molecule has 6 heteroatoms. The van der Waals surface area contributed by atoms with E-state index in [1.807, 2.05) is 0 Å². The molecule has 19 heavy (non-hydrogen) atoms. The molecule has 3 atom stereocenters. The van der Waals surface area contributed by atoms with E-state index < -0.39 is 37.5 Å². The first-order valence-electron chi connectivity index (χ1n) is 5.86. The first-order chi connectivity index (χ1) is 8.82. The summed E-state index contributed by atoms with van der Waals surface area (Å²) < 4.78 is 67.5. The first-order valence-corrected chi connectivity index (χ1v) is 7.35. The molecule has 1 aromatic rings. The summed E-state index contributed by atoms with van der Waals surface area (Å²) in [5.74, 6) is -6.50. The number of allylic oxidation sites excluding steroid dienone is 2. The van der Waals surface area contributed by atoms with Crippen LogP contribution in [0.15, 0.2) is 47.4 Å². The lowest BCUT2D eigenvalue weighted by Gasteiger charge is -2.33. The second-order valence-corrected chi connectivity index (χ2v) is 6.99.